The zero-order chi connectivity index (χ0) is 14.8. The molecular formula is C15H23N3O2. The van der Waals surface area contributed by atoms with Gasteiger partial charge in [-0.2, -0.15) is 0 Å². The fraction of sp³-hybridized carbons (Fsp3) is 0.533. The number of rotatable bonds is 4. The Morgan fingerprint density at radius 3 is 2.90 bits per heavy atom. The Balaban J connectivity index is 2.07. The molecule has 0 amide bonds. The zero-order valence-electron chi connectivity index (χ0n) is 12.3. The molecule has 0 bridgehead atoms. The molecule has 2 unspecified atom stereocenters. The van der Waals surface area contributed by atoms with E-state index in [4.69, 9.17) is 15.7 Å². The second kappa shape index (κ2) is 5.81. The number of hydrogen-bond donors (Lipinski definition) is 3. The van der Waals surface area contributed by atoms with Gasteiger partial charge in [0.2, 0.25) is 0 Å². The van der Waals surface area contributed by atoms with Crippen molar-refractivity contribution in [3.05, 3.63) is 34.9 Å². The number of amidine groups is 1. The van der Waals surface area contributed by atoms with Crippen molar-refractivity contribution in [3.63, 3.8) is 0 Å². The summed E-state index contributed by atoms with van der Waals surface area (Å²) in [7, 11) is 0. The average Bonchev–Trinajstić information content (AvgIpc) is 2.76. The first-order chi connectivity index (χ1) is 9.46. The largest absolute Gasteiger partial charge is 0.409 e. The maximum atomic E-state index is 8.70. The lowest BCUT2D eigenvalue weighted by atomic mass is 9.94. The van der Waals surface area contributed by atoms with Gasteiger partial charge < -0.3 is 21.0 Å². The van der Waals surface area contributed by atoms with Crippen LogP contribution >= 0.6 is 0 Å². The van der Waals surface area contributed by atoms with Crippen molar-refractivity contribution in [2.75, 3.05) is 6.61 Å². The topological polar surface area (TPSA) is 79.9 Å². The second-order valence-corrected chi connectivity index (χ2v) is 5.66. The van der Waals surface area contributed by atoms with E-state index in [1.165, 1.54) is 5.56 Å². The molecular weight excluding hydrogens is 254 g/mol. The first-order valence-electron chi connectivity index (χ1n) is 6.90. The number of oxime groups is 1. The van der Waals surface area contributed by atoms with Gasteiger partial charge in [-0.15, -0.1) is 0 Å². The molecule has 1 aromatic rings. The van der Waals surface area contributed by atoms with Crippen LogP contribution in [0.1, 0.15) is 37.0 Å². The molecule has 0 aliphatic carbocycles. The van der Waals surface area contributed by atoms with Gasteiger partial charge in [0.25, 0.3) is 0 Å². The monoisotopic (exact) mass is 277 g/mol. The highest BCUT2D eigenvalue weighted by Crippen LogP contribution is 2.25. The number of aryl methyl sites for hydroxylation is 1. The molecule has 5 nitrogen and oxygen atoms in total. The lowest BCUT2D eigenvalue weighted by Crippen LogP contribution is -2.47. The lowest BCUT2D eigenvalue weighted by molar-refractivity contribution is 0.0881. The number of benzene rings is 1. The molecule has 110 valence electrons. The molecule has 1 heterocycles. The Bertz CT molecular complexity index is 516. The minimum Gasteiger partial charge on any atom is -0.409 e. The van der Waals surface area contributed by atoms with E-state index in [-0.39, 0.29) is 17.5 Å². The van der Waals surface area contributed by atoms with E-state index < -0.39 is 0 Å². The SMILES string of the molecule is Cc1cc(/C(N)=N/O)ccc1CNC1(C)CCOC1C. The Hall–Kier alpha value is -1.59. The van der Waals surface area contributed by atoms with E-state index in [0.29, 0.717) is 0 Å². The maximum absolute atomic E-state index is 8.70. The predicted molar refractivity (Wildman–Crippen MR) is 79.0 cm³/mol. The van der Waals surface area contributed by atoms with Gasteiger partial charge in [-0.25, -0.2) is 0 Å². The van der Waals surface area contributed by atoms with Crippen LogP contribution in [0.2, 0.25) is 0 Å². The summed E-state index contributed by atoms with van der Waals surface area (Å²) in [5.41, 5.74) is 8.68. The summed E-state index contributed by atoms with van der Waals surface area (Å²) in [5, 5.41) is 15.3. The quantitative estimate of drug-likeness (QED) is 0.339. The molecule has 2 atom stereocenters. The number of nitrogens with zero attached hydrogens (tertiary/aromatic N) is 1. The van der Waals surface area contributed by atoms with Crippen LogP contribution in [0.4, 0.5) is 0 Å². The van der Waals surface area contributed by atoms with Gasteiger partial charge >= 0.3 is 0 Å². The Morgan fingerprint density at radius 1 is 1.60 bits per heavy atom. The molecule has 1 aromatic carbocycles. The smallest absolute Gasteiger partial charge is 0.170 e. The number of ether oxygens (including phenoxy) is 1. The van der Waals surface area contributed by atoms with Crippen molar-refractivity contribution in [3.8, 4) is 0 Å². The molecule has 0 radical (unpaired) electrons. The Kier molecular flexibility index (Phi) is 4.30. The molecule has 1 saturated heterocycles. The molecule has 0 saturated carbocycles. The summed E-state index contributed by atoms with van der Waals surface area (Å²) in [6.07, 6.45) is 1.24. The minimum absolute atomic E-state index is 0.0245. The van der Waals surface area contributed by atoms with Crippen molar-refractivity contribution in [2.45, 2.75) is 45.4 Å². The van der Waals surface area contributed by atoms with Crippen LogP contribution < -0.4 is 11.1 Å². The fourth-order valence-electron chi connectivity index (χ4n) is 2.48. The molecule has 1 aliphatic heterocycles. The van der Waals surface area contributed by atoms with Crippen molar-refractivity contribution in [1.82, 2.24) is 5.32 Å². The summed E-state index contributed by atoms with van der Waals surface area (Å²) < 4.78 is 5.63. The highest BCUT2D eigenvalue weighted by molar-refractivity contribution is 5.97. The molecule has 1 aliphatic rings. The molecule has 4 N–H and O–H groups in total. The van der Waals surface area contributed by atoms with E-state index in [1.807, 2.05) is 25.1 Å². The van der Waals surface area contributed by atoms with E-state index >= 15 is 0 Å². The molecule has 2 rings (SSSR count). The van der Waals surface area contributed by atoms with E-state index in [9.17, 15) is 0 Å². The molecule has 20 heavy (non-hydrogen) atoms. The van der Waals surface area contributed by atoms with Crippen molar-refractivity contribution >= 4 is 5.84 Å². The normalized spacial score (nSPS) is 26.9. The lowest BCUT2D eigenvalue weighted by Gasteiger charge is -2.29. The highest BCUT2D eigenvalue weighted by atomic mass is 16.5. The first kappa shape index (κ1) is 14.8. The molecule has 0 aromatic heterocycles. The Labute approximate surface area is 119 Å². The van der Waals surface area contributed by atoms with Gasteiger partial charge in [-0.05, 0) is 44.4 Å². The minimum atomic E-state index is 0.0245. The van der Waals surface area contributed by atoms with Crippen LogP contribution in [-0.4, -0.2) is 29.3 Å². The number of hydrogen-bond acceptors (Lipinski definition) is 4. The molecule has 5 heteroatoms. The summed E-state index contributed by atoms with van der Waals surface area (Å²) >= 11 is 0. The van der Waals surface area contributed by atoms with Crippen LogP contribution in [0.15, 0.2) is 23.4 Å². The predicted octanol–water partition coefficient (Wildman–Crippen LogP) is 1.75. The van der Waals surface area contributed by atoms with Gasteiger partial charge in [-0.1, -0.05) is 17.3 Å². The average molecular weight is 277 g/mol. The second-order valence-electron chi connectivity index (χ2n) is 5.66. The molecule has 1 fully saturated rings. The standard InChI is InChI=1S/C15H23N3O2/c1-10-8-12(14(16)18-19)4-5-13(10)9-17-15(3)6-7-20-11(15)2/h4-5,8,11,17,19H,6-7,9H2,1-3H3,(H2,16,18). The van der Waals surface area contributed by atoms with Crippen LogP contribution in [0, 0.1) is 6.92 Å². The summed E-state index contributed by atoms with van der Waals surface area (Å²) in [6, 6.07) is 5.82. The fourth-order valence-corrected chi connectivity index (χ4v) is 2.48. The van der Waals surface area contributed by atoms with Crippen LogP contribution in [0.5, 0.6) is 0 Å². The third-order valence-corrected chi connectivity index (χ3v) is 4.32. The third-order valence-electron chi connectivity index (χ3n) is 4.32. The Morgan fingerprint density at radius 2 is 2.35 bits per heavy atom. The van der Waals surface area contributed by atoms with E-state index in [1.54, 1.807) is 0 Å². The third kappa shape index (κ3) is 2.94. The maximum Gasteiger partial charge on any atom is 0.170 e. The summed E-state index contributed by atoms with van der Waals surface area (Å²) in [4.78, 5) is 0. The van der Waals surface area contributed by atoms with Gasteiger partial charge in [0.15, 0.2) is 5.84 Å². The number of nitrogens with two attached hydrogens (primary N) is 1. The molecule has 0 spiro atoms. The number of nitrogens with one attached hydrogen (secondary N) is 1. The van der Waals surface area contributed by atoms with Crippen molar-refractivity contribution < 1.29 is 9.94 Å². The van der Waals surface area contributed by atoms with E-state index in [2.05, 4.69) is 24.3 Å². The van der Waals surface area contributed by atoms with Gasteiger partial charge in [-0.3, -0.25) is 0 Å². The van der Waals surface area contributed by atoms with Crippen molar-refractivity contribution in [2.24, 2.45) is 10.9 Å². The van der Waals surface area contributed by atoms with Crippen molar-refractivity contribution in [1.29, 1.82) is 0 Å². The first-order valence-corrected chi connectivity index (χ1v) is 6.90. The van der Waals surface area contributed by atoms with E-state index in [0.717, 1.165) is 30.7 Å². The summed E-state index contributed by atoms with van der Waals surface area (Å²) in [6.45, 7) is 7.93. The highest BCUT2D eigenvalue weighted by Gasteiger charge is 2.36. The van der Waals surface area contributed by atoms with Gasteiger partial charge in [0.1, 0.15) is 0 Å². The van der Waals surface area contributed by atoms with Gasteiger partial charge in [0.05, 0.1) is 6.10 Å². The van der Waals surface area contributed by atoms with Gasteiger partial charge in [0, 0.05) is 24.3 Å². The van der Waals surface area contributed by atoms with Crippen LogP contribution in [0.25, 0.3) is 0 Å². The zero-order valence-corrected chi connectivity index (χ0v) is 12.3. The van der Waals surface area contributed by atoms with Crippen LogP contribution in [-0.2, 0) is 11.3 Å². The summed E-state index contributed by atoms with van der Waals surface area (Å²) in [5.74, 6) is 0.136. The van der Waals surface area contributed by atoms with Crippen LogP contribution in [0.3, 0.4) is 0 Å².